The van der Waals surface area contributed by atoms with E-state index in [-0.39, 0.29) is 5.91 Å². The van der Waals surface area contributed by atoms with Gasteiger partial charge in [0.05, 0.1) is 0 Å². The Morgan fingerprint density at radius 3 is 2.23 bits per heavy atom. The number of benzene rings is 2. The van der Waals surface area contributed by atoms with E-state index in [9.17, 15) is 4.79 Å². The van der Waals surface area contributed by atoms with Gasteiger partial charge in [-0.3, -0.25) is 4.79 Å². The Morgan fingerprint density at radius 2 is 1.64 bits per heavy atom. The van der Waals surface area contributed by atoms with Crippen LogP contribution >= 0.6 is 0 Å². The van der Waals surface area contributed by atoms with Gasteiger partial charge in [0.25, 0.3) is 5.91 Å². The third-order valence-electron chi connectivity index (χ3n) is 4.19. The molecule has 0 radical (unpaired) electrons. The molecule has 2 rings (SSSR count). The SMILES string of the molecule is CC[C@H](C)c1ccccc1NC(=O)c1ccc(C(C)C)cc1. The first-order valence-electron chi connectivity index (χ1n) is 8.03. The monoisotopic (exact) mass is 295 g/mol. The van der Waals surface area contributed by atoms with Gasteiger partial charge in [0.2, 0.25) is 0 Å². The molecule has 1 N–H and O–H groups in total. The molecular formula is C20H25NO. The number of hydrogen-bond acceptors (Lipinski definition) is 1. The summed E-state index contributed by atoms with van der Waals surface area (Å²) in [5, 5.41) is 3.05. The topological polar surface area (TPSA) is 29.1 Å². The van der Waals surface area contributed by atoms with E-state index >= 15 is 0 Å². The van der Waals surface area contributed by atoms with E-state index in [4.69, 9.17) is 0 Å². The molecule has 1 amide bonds. The van der Waals surface area contributed by atoms with Gasteiger partial charge in [0.1, 0.15) is 0 Å². The van der Waals surface area contributed by atoms with Crippen LogP contribution in [-0.4, -0.2) is 5.91 Å². The van der Waals surface area contributed by atoms with Gasteiger partial charge >= 0.3 is 0 Å². The van der Waals surface area contributed by atoms with Crippen LogP contribution in [-0.2, 0) is 0 Å². The summed E-state index contributed by atoms with van der Waals surface area (Å²) in [6.07, 6.45) is 1.05. The molecule has 0 aromatic heterocycles. The zero-order valence-corrected chi connectivity index (χ0v) is 13.9. The number of hydrogen-bond donors (Lipinski definition) is 1. The molecule has 22 heavy (non-hydrogen) atoms. The molecule has 2 nitrogen and oxygen atoms in total. The van der Waals surface area contributed by atoms with Crippen LogP contribution in [0.25, 0.3) is 0 Å². The second kappa shape index (κ2) is 7.26. The Hall–Kier alpha value is -2.09. The second-order valence-electron chi connectivity index (χ2n) is 6.13. The summed E-state index contributed by atoms with van der Waals surface area (Å²) in [6, 6.07) is 15.9. The Morgan fingerprint density at radius 1 is 1.00 bits per heavy atom. The number of nitrogens with one attached hydrogen (secondary N) is 1. The first kappa shape index (κ1) is 16.3. The summed E-state index contributed by atoms with van der Waals surface area (Å²) in [4.78, 5) is 12.4. The molecular weight excluding hydrogens is 270 g/mol. The van der Waals surface area contributed by atoms with Gasteiger partial charge in [0, 0.05) is 11.3 Å². The van der Waals surface area contributed by atoms with Crippen molar-refractivity contribution >= 4 is 11.6 Å². The molecule has 0 aliphatic rings. The minimum absolute atomic E-state index is 0.0499. The molecule has 0 heterocycles. The first-order chi connectivity index (χ1) is 10.5. The van der Waals surface area contributed by atoms with E-state index in [1.165, 1.54) is 11.1 Å². The Labute approximate surface area is 133 Å². The van der Waals surface area contributed by atoms with Crippen molar-refractivity contribution in [3.63, 3.8) is 0 Å². The van der Waals surface area contributed by atoms with E-state index in [2.05, 4.69) is 39.1 Å². The maximum Gasteiger partial charge on any atom is 0.255 e. The summed E-state index contributed by atoms with van der Waals surface area (Å²) in [5.41, 5.74) is 4.05. The van der Waals surface area contributed by atoms with Crippen LogP contribution < -0.4 is 5.32 Å². The molecule has 1 atom stereocenters. The highest BCUT2D eigenvalue weighted by molar-refractivity contribution is 6.04. The fourth-order valence-electron chi connectivity index (χ4n) is 2.47. The van der Waals surface area contributed by atoms with Crippen molar-refractivity contribution in [2.45, 2.75) is 46.0 Å². The van der Waals surface area contributed by atoms with E-state index in [1.807, 2.05) is 42.5 Å². The number of anilines is 1. The molecule has 2 aromatic rings. The zero-order chi connectivity index (χ0) is 16.1. The number of rotatable bonds is 5. The molecule has 0 unspecified atom stereocenters. The number of carbonyl (C=O) groups excluding carboxylic acids is 1. The summed E-state index contributed by atoms with van der Waals surface area (Å²) in [6.45, 7) is 8.64. The fourth-order valence-corrected chi connectivity index (χ4v) is 2.47. The summed E-state index contributed by atoms with van der Waals surface area (Å²) >= 11 is 0. The van der Waals surface area contributed by atoms with Gasteiger partial charge in [-0.2, -0.15) is 0 Å². The van der Waals surface area contributed by atoms with Crippen molar-refractivity contribution in [1.29, 1.82) is 0 Å². The maximum absolute atomic E-state index is 12.4. The third-order valence-corrected chi connectivity index (χ3v) is 4.19. The molecule has 0 bridgehead atoms. The van der Waals surface area contributed by atoms with Crippen molar-refractivity contribution < 1.29 is 4.79 Å². The van der Waals surface area contributed by atoms with Gasteiger partial charge in [-0.05, 0) is 47.6 Å². The van der Waals surface area contributed by atoms with Gasteiger partial charge in [0.15, 0.2) is 0 Å². The van der Waals surface area contributed by atoms with Crippen molar-refractivity contribution in [3.05, 3.63) is 65.2 Å². The van der Waals surface area contributed by atoms with Crippen LogP contribution in [0, 0.1) is 0 Å². The zero-order valence-electron chi connectivity index (χ0n) is 13.9. The summed E-state index contributed by atoms with van der Waals surface area (Å²) < 4.78 is 0. The quantitative estimate of drug-likeness (QED) is 0.767. The largest absolute Gasteiger partial charge is 0.322 e. The lowest BCUT2D eigenvalue weighted by atomic mass is 9.96. The smallest absolute Gasteiger partial charge is 0.255 e. The van der Waals surface area contributed by atoms with Gasteiger partial charge in [-0.1, -0.05) is 58.0 Å². The van der Waals surface area contributed by atoms with Crippen molar-refractivity contribution in [2.75, 3.05) is 5.32 Å². The summed E-state index contributed by atoms with van der Waals surface area (Å²) in [5.74, 6) is 0.856. The second-order valence-corrected chi connectivity index (χ2v) is 6.13. The molecule has 0 fully saturated rings. The normalized spacial score (nSPS) is 12.2. The molecule has 0 saturated heterocycles. The van der Waals surface area contributed by atoms with Crippen LogP contribution in [0.15, 0.2) is 48.5 Å². The van der Waals surface area contributed by atoms with Crippen LogP contribution in [0.2, 0.25) is 0 Å². The third kappa shape index (κ3) is 3.76. The van der Waals surface area contributed by atoms with E-state index in [0.29, 0.717) is 17.4 Å². The highest BCUT2D eigenvalue weighted by Crippen LogP contribution is 2.27. The van der Waals surface area contributed by atoms with Crippen LogP contribution in [0.4, 0.5) is 5.69 Å². The molecule has 0 aliphatic carbocycles. The predicted molar refractivity (Wildman–Crippen MR) is 93.6 cm³/mol. The Balaban J connectivity index is 2.18. The van der Waals surface area contributed by atoms with Gasteiger partial charge < -0.3 is 5.32 Å². The average molecular weight is 295 g/mol. The lowest BCUT2D eigenvalue weighted by Gasteiger charge is -2.16. The number of para-hydroxylation sites is 1. The minimum atomic E-state index is -0.0499. The predicted octanol–water partition coefficient (Wildman–Crippen LogP) is 5.58. The minimum Gasteiger partial charge on any atom is -0.322 e. The molecule has 2 heteroatoms. The van der Waals surface area contributed by atoms with E-state index in [0.717, 1.165) is 12.1 Å². The first-order valence-corrected chi connectivity index (χ1v) is 8.03. The number of amides is 1. The molecule has 2 aromatic carbocycles. The average Bonchev–Trinajstić information content (AvgIpc) is 2.54. The Kier molecular flexibility index (Phi) is 5.37. The molecule has 116 valence electrons. The number of carbonyl (C=O) groups is 1. The maximum atomic E-state index is 12.4. The van der Waals surface area contributed by atoms with Crippen LogP contribution in [0.1, 0.15) is 67.4 Å². The van der Waals surface area contributed by atoms with Crippen molar-refractivity contribution in [1.82, 2.24) is 0 Å². The lowest BCUT2D eigenvalue weighted by Crippen LogP contribution is -2.14. The molecule has 0 aliphatic heterocycles. The lowest BCUT2D eigenvalue weighted by molar-refractivity contribution is 0.102. The fraction of sp³-hybridized carbons (Fsp3) is 0.350. The standard InChI is InChI=1S/C20H25NO/c1-5-15(4)18-8-6-7-9-19(18)21-20(22)17-12-10-16(11-13-17)14(2)3/h6-15H,5H2,1-4H3,(H,21,22)/t15-/m0/s1. The summed E-state index contributed by atoms with van der Waals surface area (Å²) in [7, 11) is 0. The van der Waals surface area contributed by atoms with Crippen LogP contribution in [0.3, 0.4) is 0 Å². The Bertz CT molecular complexity index is 628. The van der Waals surface area contributed by atoms with E-state index in [1.54, 1.807) is 0 Å². The molecule has 0 spiro atoms. The van der Waals surface area contributed by atoms with Crippen LogP contribution in [0.5, 0.6) is 0 Å². The molecule has 0 saturated carbocycles. The highest BCUT2D eigenvalue weighted by Gasteiger charge is 2.12. The van der Waals surface area contributed by atoms with Crippen molar-refractivity contribution in [3.8, 4) is 0 Å². The van der Waals surface area contributed by atoms with E-state index < -0.39 is 0 Å². The van der Waals surface area contributed by atoms with Gasteiger partial charge in [-0.25, -0.2) is 0 Å². The highest BCUT2D eigenvalue weighted by atomic mass is 16.1. The van der Waals surface area contributed by atoms with Gasteiger partial charge in [-0.15, -0.1) is 0 Å². The van der Waals surface area contributed by atoms with Crippen molar-refractivity contribution in [2.24, 2.45) is 0 Å².